The molecule has 14 heteroatoms. The van der Waals surface area contributed by atoms with E-state index in [9.17, 15) is 30.3 Å². The molecule has 0 aliphatic carbocycles. The first-order valence-electron chi connectivity index (χ1n) is 18.7. The first kappa shape index (κ1) is 44.4. The van der Waals surface area contributed by atoms with Crippen LogP contribution < -0.4 is 0 Å². The molecule has 51 heavy (non-hydrogen) atoms. The number of nitrogens with zero attached hydrogens (tertiary/aromatic N) is 2. The van der Waals surface area contributed by atoms with Crippen LogP contribution in [0.4, 0.5) is 0 Å². The van der Waals surface area contributed by atoms with Gasteiger partial charge in [-0.25, -0.2) is 0 Å². The molecule has 17 atom stereocenters. The second-order valence-corrected chi connectivity index (χ2v) is 16.7. The van der Waals surface area contributed by atoms with Gasteiger partial charge in [0.05, 0.1) is 42.0 Å². The van der Waals surface area contributed by atoms with Gasteiger partial charge >= 0.3 is 5.97 Å². The van der Waals surface area contributed by atoms with E-state index in [1.54, 1.807) is 34.6 Å². The number of cyclic esters (lactones) is 1. The largest absolute Gasteiger partial charge is 0.459 e. The van der Waals surface area contributed by atoms with Crippen LogP contribution in [-0.2, 0) is 33.2 Å². The Balaban J connectivity index is 2.15. The van der Waals surface area contributed by atoms with Crippen molar-refractivity contribution < 1.29 is 58.7 Å². The van der Waals surface area contributed by atoms with Crippen molar-refractivity contribution in [2.45, 2.75) is 172 Å². The van der Waals surface area contributed by atoms with Crippen LogP contribution in [0.5, 0.6) is 0 Å². The maximum absolute atomic E-state index is 14.1. The van der Waals surface area contributed by atoms with Crippen LogP contribution in [0.25, 0.3) is 0 Å². The van der Waals surface area contributed by atoms with Crippen molar-refractivity contribution in [2.75, 3.05) is 41.4 Å². The lowest BCUT2D eigenvalue weighted by molar-refractivity contribution is -0.311. The maximum Gasteiger partial charge on any atom is 0.311 e. The number of rotatable bonds is 7. The first-order valence-corrected chi connectivity index (χ1v) is 18.7. The molecule has 0 aromatic rings. The SMILES string of the molecule is CC[C@H]1OC(=O)[C@H](C)[C@@H](O[C@H]2C[C@@](C)(OC)[C@@H](O)CO2)[C@H](C)[C@@H](O[C@@H]2O[C@H](C)C[C@H](N(C)C)[C@H]2O)[C@](C)(O)C[C@@H](C)CN(C)[C@H](C)[C@@H](O)[C@]1(C)O. The van der Waals surface area contributed by atoms with Crippen LogP contribution in [0, 0.1) is 17.8 Å². The van der Waals surface area contributed by atoms with Gasteiger partial charge < -0.3 is 63.8 Å². The quantitative estimate of drug-likeness (QED) is 0.238. The van der Waals surface area contributed by atoms with E-state index in [0.717, 1.165) is 0 Å². The van der Waals surface area contributed by atoms with E-state index >= 15 is 0 Å². The molecule has 5 N–H and O–H groups in total. The molecule has 3 heterocycles. The third-order valence-corrected chi connectivity index (χ3v) is 11.9. The van der Waals surface area contributed by atoms with E-state index in [-0.39, 0.29) is 43.9 Å². The standard InChI is InChI=1S/C37H70N2O12/c1-14-27-37(9,45)31(42)24(6)39(12)18-20(2)16-35(7,44)32(51-34-29(41)25(38(10)11)15-21(3)48-34)22(4)30(23(5)33(43)49-27)50-28-17-36(8,46-13)26(40)19-47-28/h20-32,34,40-42,44-45H,14-19H2,1-13H3/t20-,21-,22+,23-,24-,25+,26+,27-,28+,29-,30+,31-,32-,34+,35-,36-,37-/m1/s1. The highest BCUT2D eigenvalue weighted by Gasteiger charge is 2.52. The van der Waals surface area contributed by atoms with Crippen LogP contribution in [0.3, 0.4) is 0 Å². The van der Waals surface area contributed by atoms with Crippen LogP contribution in [-0.4, -0.2) is 167 Å². The summed E-state index contributed by atoms with van der Waals surface area (Å²) in [7, 11) is 7.11. The van der Waals surface area contributed by atoms with E-state index < -0.39 is 89.9 Å². The fourth-order valence-electron chi connectivity index (χ4n) is 8.35. The predicted octanol–water partition coefficient (Wildman–Crippen LogP) is 1.51. The van der Waals surface area contributed by atoms with Gasteiger partial charge in [-0.2, -0.15) is 0 Å². The topological polar surface area (TPSA) is 180 Å². The molecule has 3 saturated heterocycles. The molecule has 3 aliphatic heterocycles. The second kappa shape index (κ2) is 17.6. The molecule has 0 saturated carbocycles. The van der Waals surface area contributed by atoms with E-state index in [1.165, 1.54) is 14.0 Å². The average Bonchev–Trinajstić information content (AvgIpc) is 3.05. The Kier molecular flexibility index (Phi) is 15.3. The van der Waals surface area contributed by atoms with Crippen molar-refractivity contribution in [1.29, 1.82) is 0 Å². The molecule has 3 rings (SSSR count). The molecular weight excluding hydrogens is 664 g/mol. The van der Waals surface area contributed by atoms with Crippen molar-refractivity contribution in [3.63, 3.8) is 0 Å². The number of hydrogen-bond acceptors (Lipinski definition) is 14. The van der Waals surface area contributed by atoms with Gasteiger partial charge in [-0.3, -0.25) is 4.79 Å². The van der Waals surface area contributed by atoms with E-state index in [4.69, 9.17) is 28.4 Å². The molecule has 3 fully saturated rings. The van der Waals surface area contributed by atoms with Gasteiger partial charge in [0.25, 0.3) is 0 Å². The van der Waals surface area contributed by atoms with Crippen molar-refractivity contribution in [2.24, 2.45) is 17.8 Å². The Labute approximate surface area is 305 Å². The summed E-state index contributed by atoms with van der Waals surface area (Å²) in [6.45, 7) is 16.2. The molecule has 0 amide bonds. The lowest BCUT2D eigenvalue weighted by Gasteiger charge is -2.48. The molecule has 0 bridgehead atoms. The number of likely N-dealkylation sites (N-methyl/N-ethyl adjacent to an activating group) is 2. The highest BCUT2D eigenvalue weighted by atomic mass is 16.7. The fraction of sp³-hybridized carbons (Fsp3) is 0.973. The Bertz CT molecular complexity index is 1110. The smallest absolute Gasteiger partial charge is 0.311 e. The fourth-order valence-corrected chi connectivity index (χ4v) is 8.35. The van der Waals surface area contributed by atoms with Gasteiger partial charge in [-0.15, -0.1) is 0 Å². The predicted molar refractivity (Wildman–Crippen MR) is 190 cm³/mol. The molecule has 14 nitrogen and oxygen atoms in total. The van der Waals surface area contributed by atoms with Crippen molar-refractivity contribution in [1.82, 2.24) is 9.80 Å². The van der Waals surface area contributed by atoms with Crippen molar-refractivity contribution >= 4 is 5.97 Å². The van der Waals surface area contributed by atoms with Gasteiger partial charge in [0.2, 0.25) is 0 Å². The number of carbonyl (C=O) groups excluding carboxylic acids is 1. The highest BCUT2D eigenvalue weighted by Crippen LogP contribution is 2.39. The normalized spacial score (nSPS) is 48.9. The van der Waals surface area contributed by atoms with Crippen LogP contribution in [0.15, 0.2) is 0 Å². The number of aliphatic hydroxyl groups excluding tert-OH is 3. The van der Waals surface area contributed by atoms with Gasteiger partial charge in [-0.05, 0) is 87.9 Å². The third kappa shape index (κ3) is 10.2. The summed E-state index contributed by atoms with van der Waals surface area (Å²) in [5.41, 5.74) is -4.33. The summed E-state index contributed by atoms with van der Waals surface area (Å²) in [5.74, 6) is -2.56. The third-order valence-electron chi connectivity index (χ3n) is 11.9. The molecule has 3 aliphatic rings. The van der Waals surface area contributed by atoms with Gasteiger partial charge in [0.15, 0.2) is 12.6 Å². The number of esters is 1. The van der Waals surface area contributed by atoms with E-state index in [0.29, 0.717) is 13.0 Å². The van der Waals surface area contributed by atoms with E-state index in [2.05, 4.69) is 0 Å². The average molecular weight is 735 g/mol. The zero-order chi connectivity index (χ0) is 38.8. The molecule has 0 aromatic carbocycles. The van der Waals surface area contributed by atoms with Crippen LogP contribution in [0.2, 0.25) is 0 Å². The highest BCUT2D eigenvalue weighted by molar-refractivity contribution is 5.73. The summed E-state index contributed by atoms with van der Waals surface area (Å²) in [6, 6.07) is -0.802. The molecule has 0 radical (unpaired) electrons. The summed E-state index contributed by atoms with van der Waals surface area (Å²) in [4.78, 5) is 18.0. The zero-order valence-electron chi connectivity index (χ0n) is 33.3. The Morgan fingerprint density at radius 2 is 1.63 bits per heavy atom. The Morgan fingerprint density at radius 3 is 2.20 bits per heavy atom. The number of hydrogen-bond donors (Lipinski definition) is 5. The Hall–Kier alpha value is -1.01. The lowest BCUT2D eigenvalue weighted by atomic mass is 9.77. The zero-order valence-corrected chi connectivity index (χ0v) is 33.3. The Morgan fingerprint density at radius 1 is 1.00 bits per heavy atom. The van der Waals surface area contributed by atoms with E-state index in [1.807, 2.05) is 51.7 Å². The summed E-state index contributed by atoms with van der Waals surface area (Å²) in [6.07, 6.45) is -7.41. The van der Waals surface area contributed by atoms with Crippen molar-refractivity contribution in [3.8, 4) is 0 Å². The molecule has 0 unspecified atom stereocenters. The molecule has 300 valence electrons. The maximum atomic E-state index is 14.1. The van der Waals surface area contributed by atoms with Crippen LogP contribution in [0.1, 0.15) is 88.0 Å². The minimum absolute atomic E-state index is 0.0691. The summed E-state index contributed by atoms with van der Waals surface area (Å²) >= 11 is 0. The molecular formula is C37H70N2O12. The number of ether oxygens (including phenoxy) is 6. The van der Waals surface area contributed by atoms with Gasteiger partial charge in [0.1, 0.15) is 30.0 Å². The minimum Gasteiger partial charge on any atom is -0.459 e. The first-order chi connectivity index (χ1) is 23.5. The second-order valence-electron chi connectivity index (χ2n) is 16.7. The van der Waals surface area contributed by atoms with Crippen molar-refractivity contribution in [3.05, 3.63) is 0 Å². The van der Waals surface area contributed by atoms with Gasteiger partial charge in [0, 0.05) is 38.1 Å². The minimum atomic E-state index is -1.79. The molecule has 0 aromatic heterocycles. The number of methoxy groups -OCH3 is 1. The molecule has 0 spiro atoms. The number of carbonyl (C=O) groups is 1. The number of aliphatic hydroxyl groups is 5. The monoisotopic (exact) mass is 734 g/mol. The summed E-state index contributed by atoms with van der Waals surface area (Å²) in [5, 5.41) is 57.7. The lowest BCUT2D eigenvalue weighted by Crippen LogP contribution is -2.60. The summed E-state index contributed by atoms with van der Waals surface area (Å²) < 4.78 is 37.1. The van der Waals surface area contributed by atoms with Crippen LogP contribution >= 0.6 is 0 Å². The van der Waals surface area contributed by atoms with Gasteiger partial charge in [-0.1, -0.05) is 20.8 Å².